The van der Waals surface area contributed by atoms with E-state index in [1.54, 1.807) is 6.92 Å². The van der Waals surface area contributed by atoms with Crippen molar-refractivity contribution in [2.75, 3.05) is 14.2 Å². The van der Waals surface area contributed by atoms with Gasteiger partial charge in [0.05, 0.1) is 14.2 Å². The van der Waals surface area contributed by atoms with Crippen molar-refractivity contribution in [3.63, 3.8) is 0 Å². The molecule has 188 valence electrons. The summed E-state index contributed by atoms with van der Waals surface area (Å²) < 4.78 is 17.0. The van der Waals surface area contributed by atoms with Crippen molar-refractivity contribution in [3.8, 4) is 17.2 Å². The molecule has 3 aliphatic rings. The van der Waals surface area contributed by atoms with E-state index in [9.17, 15) is 14.4 Å². The Bertz CT molecular complexity index is 1330. The summed E-state index contributed by atoms with van der Waals surface area (Å²) in [5, 5.41) is 2.99. The Labute approximate surface area is 214 Å². The van der Waals surface area contributed by atoms with E-state index in [2.05, 4.69) is 19.2 Å². The number of halogens is 1. The van der Waals surface area contributed by atoms with Gasteiger partial charge in [-0.05, 0) is 23.5 Å². The summed E-state index contributed by atoms with van der Waals surface area (Å²) in [7, 11) is 2.88. The molecule has 36 heavy (non-hydrogen) atoms. The first-order valence-electron chi connectivity index (χ1n) is 12.0. The van der Waals surface area contributed by atoms with Crippen LogP contribution in [0.5, 0.6) is 17.2 Å². The van der Waals surface area contributed by atoms with Gasteiger partial charge in [-0.15, -0.1) is 0 Å². The van der Waals surface area contributed by atoms with Gasteiger partial charge in [-0.25, -0.2) is 0 Å². The predicted octanol–water partition coefficient (Wildman–Crippen LogP) is 4.96. The second-order valence-corrected chi connectivity index (χ2v) is 10.3. The number of methoxy groups -OCH3 is 2. The zero-order valence-electron chi connectivity index (χ0n) is 20.9. The SMILES string of the molecule is COc1cc(OC)c2c(c1Cl)O[C@@]1(C(=O)C3=C(C[C@H]1C)NC(=O)C[C@H]3c1ccc(C(C)C)cc1)C2=O. The van der Waals surface area contributed by atoms with Crippen LogP contribution in [0.2, 0.25) is 5.02 Å². The molecule has 1 N–H and O–H groups in total. The lowest BCUT2D eigenvalue weighted by Gasteiger charge is -2.41. The number of benzene rings is 2. The minimum Gasteiger partial charge on any atom is -0.496 e. The van der Waals surface area contributed by atoms with Gasteiger partial charge in [-0.3, -0.25) is 14.4 Å². The molecule has 7 nitrogen and oxygen atoms in total. The number of hydrogen-bond acceptors (Lipinski definition) is 6. The third-order valence-electron chi connectivity index (χ3n) is 7.56. The van der Waals surface area contributed by atoms with Gasteiger partial charge in [0.25, 0.3) is 0 Å². The molecule has 0 saturated carbocycles. The maximum atomic E-state index is 14.3. The minimum absolute atomic E-state index is 0.0831. The molecule has 0 unspecified atom stereocenters. The summed E-state index contributed by atoms with van der Waals surface area (Å²) in [6, 6.07) is 9.46. The molecule has 2 aromatic rings. The summed E-state index contributed by atoms with van der Waals surface area (Å²) >= 11 is 6.53. The molecule has 0 radical (unpaired) electrons. The highest BCUT2D eigenvalue weighted by Gasteiger charge is 2.63. The number of allylic oxidation sites excluding steroid dienone is 1. The molecule has 0 bridgehead atoms. The van der Waals surface area contributed by atoms with Crippen LogP contribution in [-0.2, 0) is 9.59 Å². The Morgan fingerprint density at radius 1 is 1.03 bits per heavy atom. The molecule has 0 aromatic heterocycles. The van der Waals surface area contributed by atoms with E-state index in [1.807, 2.05) is 24.3 Å². The third kappa shape index (κ3) is 3.36. The molecule has 1 aliphatic carbocycles. The number of carbonyl (C=O) groups excluding carboxylic acids is 3. The summed E-state index contributed by atoms with van der Waals surface area (Å²) in [6.45, 7) is 5.99. The number of ether oxygens (including phenoxy) is 3. The number of hydrogen-bond donors (Lipinski definition) is 1. The Hall–Kier alpha value is -3.32. The average Bonchev–Trinajstić information content (AvgIpc) is 3.17. The van der Waals surface area contributed by atoms with Gasteiger partial charge in [-0.1, -0.05) is 56.6 Å². The normalized spacial score (nSPS) is 25.0. The van der Waals surface area contributed by atoms with E-state index >= 15 is 0 Å². The molecular formula is C28H28ClNO6. The van der Waals surface area contributed by atoms with Gasteiger partial charge >= 0.3 is 0 Å². The Morgan fingerprint density at radius 3 is 2.31 bits per heavy atom. The highest BCUT2D eigenvalue weighted by atomic mass is 35.5. The number of rotatable bonds is 4. The van der Waals surface area contributed by atoms with E-state index in [4.69, 9.17) is 25.8 Å². The summed E-state index contributed by atoms with van der Waals surface area (Å²) in [5.41, 5.74) is 1.30. The van der Waals surface area contributed by atoms with E-state index in [0.29, 0.717) is 23.6 Å². The van der Waals surface area contributed by atoms with Crippen molar-refractivity contribution >= 4 is 29.1 Å². The van der Waals surface area contributed by atoms with Gasteiger partial charge in [0.1, 0.15) is 22.1 Å². The first-order valence-corrected chi connectivity index (χ1v) is 12.4. The van der Waals surface area contributed by atoms with E-state index in [-0.39, 0.29) is 40.2 Å². The highest BCUT2D eigenvalue weighted by molar-refractivity contribution is 6.36. The number of Topliss-reactive ketones (excluding diaryl/α,β-unsaturated/α-hetero) is 2. The molecule has 2 aromatic carbocycles. The fourth-order valence-corrected chi connectivity index (χ4v) is 5.85. The Morgan fingerprint density at radius 2 is 1.69 bits per heavy atom. The van der Waals surface area contributed by atoms with Crippen molar-refractivity contribution in [3.05, 3.63) is 63.3 Å². The Balaban J connectivity index is 1.63. The van der Waals surface area contributed by atoms with Crippen LogP contribution in [0.15, 0.2) is 41.6 Å². The summed E-state index contributed by atoms with van der Waals surface area (Å²) in [4.78, 5) is 41.0. The van der Waals surface area contributed by atoms with Crippen LogP contribution in [0.25, 0.3) is 0 Å². The monoisotopic (exact) mass is 509 g/mol. The number of nitrogens with one attached hydrogen (secondary N) is 1. The molecular weight excluding hydrogens is 482 g/mol. The smallest absolute Gasteiger partial charge is 0.236 e. The van der Waals surface area contributed by atoms with E-state index in [1.165, 1.54) is 20.3 Å². The number of ketones is 2. The van der Waals surface area contributed by atoms with Crippen molar-refractivity contribution in [2.45, 2.75) is 51.0 Å². The van der Waals surface area contributed by atoms with Crippen molar-refractivity contribution in [2.24, 2.45) is 5.92 Å². The molecule has 3 atom stereocenters. The lowest BCUT2D eigenvalue weighted by atomic mass is 9.66. The highest BCUT2D eigenvalue weighted by Crippen LogP contribution is 2.55. The minimum atomic E-state index is -1.80. The second kappa shape index (κ2) is 8.66. The van der Waals surface area contributed by atoms with Crippen LogP contribution >= 0.6 is 11.6 Å². The summed E-state index contributed by atoms with van der Waals surface area (Å²) in [5.74, 6) is -1.20. The van der Waals surface area contributed by atoms with E-state index in [0.717, 1.165) is 11.1 Å². The Kier molecular flexibility index (Phi) is 5.86. The fraction of sp³-hybridized carbons (Fsp3) is 0.393. The average molecular weight is 510 g/mol. The second-order valence-electron chi connectivity index (χ2n) is 9.92. The lowest BCUT2D eigenvalue weighted by Crippen LogP contribution is -2.59. The van der Waals surface area contributed by atoms with Crippen molar-refractivity contribution < 1.29 is 28.6 Å². The quantitative estimate of drug-likeness (QED) is 0.586. The maximum absolute atomic E-state index is 14.3. The van der Waals surface area contributed by atoms with Crippen molar-refractivity contribution in [1.29, 1.82) is 0 Å². The molecule has 2 heterocycles. The number of carbonyl (C=O) groups is 3. The molecule has 2 aliphatic heterocycles. The molecule has 1 amide bonds. The van der Waals surface area contributed by atoms with Crippen LogP contribution in [0.4, 0.5) is 0 Å². The van der Waals surface area contributed by atoms with Crippen molar-refractivity contribution in [1.82, 2.24) is 5.32 Å². The lowest BCUT2D eigenvalue weighted by molar-refractivity contribution is -0.131. The zero-order chi connectivity index (χ0) is 25.9. The van der Waals surface area contributed by atoms with E-state index < -0.39 is 29.0 Å². The van der Waals surface area contributed by atoms with Gasteiger partial charge < -0.3 is 19.5 Å². The zero-order valence-corrected chi connectivity index (χ0v) is 21.6. The first kappa shape index (κ1) is 24.4. The molecule has 8 heteroatoms. The molecule has 5 rings (SSSR count). The fourth-order valence-electron chi connectivity index (χ4n) is 5.59. The first-order chi connectivity index (χ1) is 17.1. The van der Waals surface area contributed by atoms with Crippen LogP contribution < -0.4 is 19.5 Å². The molecule has 0 saturated heterocycles. The standard InChI is InChI=1S/C28H28ClNO6/c1-13(2)15-6-8-16(9-7-15)17-11-21(31)30-18-10-14(3)28(26(32)22(17)18)27(33)23-19(34-4)12-20(35-5)24(29)25(23)36-28/h6-9,12-14,17H,10-11H2,1-5H3,(H,30,31)/t14-,17+,28+/m1/s1. The third-order valence-corrected chi connectivity index (χ3v) is 7.92. The topological polar surface area (TPSA) is 90.9 Å². The van der Waals surface area contributed by atoms with Crippen LogP contribution in [0.1, 0.15) is 66.9 Å². The van der Waals surface area contributed by atoms with Gasteiger partial charge in [0.15, 0.2) is 5.75 Å². The van der Waals surface area contributed by atoms with Crippen LogP contribution in [-0.4, -0.2) is 37.3 Å². The summed E-state index contributed by atoms with van der Waals surface area (Å²) in [6.07, 6.45) is 0.402. The largest absolute Gasteiger partial charge is 0.496 e. The van der Waals surface area contributed by atoms with Gasteiger partial charge in [0.2, 0.25) is 23.1 Å². The molecule has 1 spiro atoms. The number of amides is 1. The van der Waals surface area contributed by atoms with Gasteiger partial charge in [-0.2, -0.15) is 0 Å². The number of fused-ring (bicyclic) bond motifs is 1. The molecule has 0 fully saturated rings. The van der Waals surface area contributed by atoms with Crippen LogP contribution in [0, 0.1) is 5.92 Å². The van der Waals surface area contributed by atoms with Gasteiger partial charge in [0, 0.05) is 35.6 Å². The van der Waals surface area contributed by atoms with Crippen LogP contribution in [0.3, 0.4) is 0 Å². The predicted molar refractivity (Wildman–Crippen MR) is 134 cm³/mol. The maximum Gasteiger partial charge on any atom is 0.236 e.